The normalized spacial score (nSPS) is 10.6. The first-order chi connectivity index (χ1) is 8.31. The quantitative estimate of drug-likeness (QED) is 0.630. The van der Waals surface area contributed by atoms with Crippen LogP contribution in [0.1, 0.15) is 6.42 Å². The van der Waals surface area contributed by atoms with Crippen LogP contribution in [0.25, 0.3) is 10.9 Å². The van der Waals surface area contributed by atoms with E-state index in [4.69, 9.17) is 5.73 Å². The molecule has 0 amide bonds. The van der Waals surface area contributed by atoms with Crippen molar-refractivity contribution >= 4 is 34.0 Å². The summed E-state index contributed by atoms with van der Waals surface area (Å²) in [5.74, 6) is 1.18. The van der Waals surface area contributed by atoms with Crippen LogP contribution in [0.2, 0.25) is 0 Å². The zero-order valence-electron chi connectivity index (χ0n) is 9.94. The monoisotopic (exact) mass is 247 g/mol. The SMILES string of the molecule is CSCCCNc1ccnc2cc(N)ccc12. The van der Waals surface area contributed by atoms with Crippen LogP contribution in [-0.4, -0.2) is 23.5 Å². The van der Waals surface area contributed by atoms with Gasteiger partial charge in [0.1, 0.15) is 0 Å². The third kappa shape index (κ3) is 3.03. The van der Waals surface area contributed by atoms with Crippen molar-refractivity contribution in [2.45, 2.75) is 6.42 Å². The minimum Gasteiger partial charge on any atom is -0.399 e. The van der Waals surface area contributed by atoms with Crippen molar-refractivity contribution in [3.05, 3.63) is 30.5 Å². The van der Waals surface area contributed by atoms with Gasteiger partial charge in [-0.3, -0.25) is 4.98 Å². The summed E-state index contributed by atoms with van der Waals surface area (Å²) >= 11 is 1.87. The number of nitrogens with one attached hydrogen (secondary N) is 1. The number of aromatic nitrogens is 1. The summed E-state index contributed by atoms with van der Waals surface area (Å²) in [6.45, 7) is 0.990. The first-order valence-electron chi connectivity index (χ1n) is 5.68. The maximum Gasteiger partial charge on any atom is 0.0743 e. The molecule has 1 aromatic heterocycles. The molecule has 0 aliphatic heterocycles. The van der Waals surface area contributed by atoms with E-state index >= 15 is 0 Å². The first kappa shape index (κ1) is 12.0. The fraction of sp³-hybridized carbons (Fsp3) is 0.308. The van der Waals surface area contributed by atoms with Crippen LogP contribution in [0.5, 0.6) is 0 Å². The lowest BCUT2D eigenvalue weighted by atomic mass is 10.1. The Morgan fingerprint density at radius 1 is 1.35 bits per heavy atom. The molecule has 3 nitrogen and oxygen atoms in total. The smallest absolute Gasteiger partial charge is 0.0743 e. The lowest BCUT2D eigenvalue weighted by molar-refractivity contribution is 0.995. The number of thioether (sulfide) groups is 1. The Kier molecular flexibility index (Phi) is 4.09. The molecular weight excluding hydrogens is 230 g/mol. The molecular formula is C13H17N3S. The molecule has 17 heavy (non-hydrogen) atoms. The lowest BCUT2D eigenvalue weighted by Crippen LogP contribution is -2.03. The molecule has 0 saturated heterocycles. The highest BCUT2D eigenvalue weighted by Crippen LogP contribution is 2.23. The van der Waals surface area contributed by atoms with Gasteiger partial charge in [-0.1, -0.05) is 0 Å². The molecule has 90 valence electrons. The van der Waals surface area contributed by atoms with Gasteiger partial charge in [-0.15, -0.1) is 0 Å². The molecule has 0 unspecified atom stereocenters. The van der Waals surface area contributed by atoms with Crippen molar-refractivity contribution < 1.29 is 0 Å². The maximum absolute atomic E-state index is 5.75. The number of hydrogen-bond acceptors (Lipinski definition) is 4. The van der Waals surface area contributed by atoms with E-state index in [1.807, 2.05) is 42.2 Å². The Morgan fingerprint density at radius 2 is 2.24 bits per heavy atom. The maximum atomic E-state index is 5.75. The standard InChI is InChI=1S/C13H17N3S/c1-17-8-2-6-15-12-5-7-16-13-9-10(14)3-4-11(12)13/h3-5,7,9H,2,6,8,14H2,1H3,(H,15,16). The Labute approximate surface area is 106 Å². The number of nitrogens with two attached hydrogens (primary N) is 1. The second-order valence-electron chi connectivity index (χ2n) is 3.91. The van der Waals surface area contributed by atoms with E-state index in [0.717, 1.165) is 28.8 Å². The van der Waals surface area contributed by atoms with Crippen LogP contribution in [0.3, 0.4) is 0 Å². The van der Waals surface area contributed by atoms with Gasteiger partial charge < -0.3 is 11.1 Å². The minimum absolute atomic E-state index is 0.754. The topological polar surface area (TPSA) is 50.9 Å². The van der Waals surface area contributed by atoms with Crippen LogP contribution < -0.4 is 11.1 Å². The van der Waals surface area contributed by atoms with E-state index in [1.54, 1.807) is 0 Å². The van der Waals surface area contributed by atoms with Gasteiger partial charge in [0.2, 0.25) is 0 Å². The van der Waals surface area contributed by atoms with Gasteiger partial charge in [0.05, 0.1) is 5.52 Å². The summed E-state index contributed by atoms with van der Waals surface area (Å²) in [6.07, 6.45) is 5.11. The van der Waals surface area contributed by atoms with Gasteiger partial charge in [-0.25, -0.2) is 0 Å². The molecule has 0 radical (unpaired) electrons. The van der Waals surface area contributed by atoms with Crippen LogP contribution in [0.15, 0.2) is 30.5 Å². The summed E-state index contributed by atoms with van der Waals surface area (Å²) in [7, 11) is 0. The molecule has 0 aliphatic rings. The molecule has 0 bridgehead atoms. The van der Waals surface area contributed by atoms with Gasteiger partial charge in [0.25, 0.3) is 0 Å². The van der Waals surface area contributed by atoms with E-state index in [0.29, 0.717) is 0 Å². The summed E-state index contributed by atoms with van der Waals surface area (Å²) < 4.78 is 0. The van der Waals surface area contributed by atoms with Gasteiger partial charge in [-0.05, 0) is 42.7 Å². The van der Waals surface area contributed by atoms with E-state index in [9.17, 15) is 0 Å². The van der Waals surface area contributed by atoms with E-state index in [2.05, 4.69) is 16.6 Å². The largest absolute Gasteiger partial charge is 0.399 e. The number of nitrogen functional groups attached to an aromatic ring is 1. The van der Waals surface area contributed by atoms with Gasteiger partial charge in [0.15, 0.2) is 0 Å². The molecule has 4 heteroatoms. The second kappa shape index (κ2) is 5.77. The third-order valence-electron chi connectivity index (χ3n) is 2.61. The molecule has 0 spiro atoms. The number of benzene rings is 1. The highest BCUT2D eigenvalue weighted by atomic mass is 32.2. The van der Waals surface area contributed by atoms with Crippen molar-refractivity contribution in [2.24, 2.45) is 0 Å². The third-order valence-corrected chi connectivity index (χ3v) is 3.30. The van der Waals surface area contributed by atoms with Crippen molar-refractivity contribution in [3.63, 3.8) is 0 Å². The zero-order chi connectivity index (χ0) is 12.1. The van der Waals surface area contributed by atoms with Crippen LogP contribution >= 0.6 is 11.8 Å². The van der Waals surface area contributed by atoms with Crippen LogP contribution in [-0.2, 0) is 0 Å². The van der Waals surface area contributed by atoms with Gasteiger partial charge in [0, 0.05) is 29.5 Å². The zero-order valence-corrected chi connectivity index (χ0v) is 10.8. The Bertz CT molecular complexity index is 499. The molecule has 2 rings (SSSR count). The number of nitrogens with zero attached hydrogens (tertiary/aromatic N) is 1. The first-order valence-corrected chi connectivity index (χ1v) is 7.07. The molecule has 2 aromatic rings. The van der Waals surface area contributed by atoms with Crippen LogP contribution in [0, 0.1) is 0 Å². The lowest BCUT2D eigenvalue weighted by Gasteiger charge is -2.09. The van der Waals surface area contributed by atoms with Crippen molar-refractivity contribution in [3.8, 4) is 0 Å². The van der Waals surface area contributed by atoms with Crippen molar-refractivity contribution in [1.82, 2.24) is 4.98 Å². The number of hydrogen-bond donors (Lipinski definition) is 2. The summed E-state index contributed by atoms with van der Waals surface area (Å²) in [4.78, 5) is 4.32. The van der Waals surface area contributed by atoms with Gasteiger partial charge >= 0.3 is 0 Å². The van der Waals surface area contributed by atoms with Gasteiger partial charge in [-0.2, -0.15) is 11.8 Å². The summed E-state index contributed by atoms with van der Waals surface area (Å²) in [5, 5.41) is 4.58. The fourth-order valence-corrected chi connectivity index (χ4v) is 2.19. The number of anilines is 2. The average Bonchev–Trinajstić information content (AvgIpc) is 2.34. The molecule has 0 atom stereocenters. The summed E-state index contributed by atoms with van der Waals surface area (Å²) in [5.41, 5.74) is 8.58. The molecule has 0 saturated carbocycles. The number of fused-ring (bicyclic) bond motifs is 1. The molecule has 1 heterocycles. The van der Waals surface area contributed by atoms with E-state index in [1.165, 1.54) is 12.2 Å². The molecule has 0 aliphatic carbocycles. The predicted molar refractivity (Wildman–Crippen MR) is 77.6 cm³/mol. The Balaban J connectivity index is 2.16. The summed E-state index contributed by atoms with van der Waals surface area (Å²) in [6, 6.07) is 7.85. The highest BCUT2D eigenvalue weighted by Gasteiger charge is 2.01. The van der Waals surface area contributed by atoms with Crippen LogP contribution in [0.4, 0.5) is 11.4 Å². The Morgan fingerprint density at radius 3 is 3.06 bits per heavy atom. The molecule has 3 N–H and O–H groups in total. The number of rotatable bonds is 5. The van der Waals surface area contributed by atoms with Crippen molar-refractivity contribution in [1.29, 1.82) is 0 Å². The molecule has 0 fully saturated rings. The van der Waals surface area contributed by atoms with Crippen molar-refractivity contribution in [2.75, 3.05) is 29.6 Å². The fourth-order valence-electron chi connectivity index (χ4n) is 1.76. The minimum atomic E-state index is 0.754. The molecule has 1 aromatic carbocycles. The highest BCUT2D eigenvalue weighted by molar-refractivity contribution is 7.98. The predicted octanol–water partition coefficient (Wildman–Crippen LogP) is 2.98. The van der Waals surface area contributed by atoms with E-state index < -0.39 is 0 Å². The second-order valence-corrected chi connectivity index (χ2v) is 4.89. The Hall–Kier alpha value is -1.42. The number of pyridine rings is 1. The van der Waals surface area contributed by atoms with E-state index in [-0.39, 0.29) is 0 Å². The average molecular weight is 247 g/mol.